The fourth-order valence-corrected chi connectivity index (χ4v) is 2.68. The smallest absolute Gasteiger partial charge is 0.252 e. The van der Waals surface area contributed by atoms with E-state index in [2.05, 4.69) is 41.3 Å². The SMILES string of the molecule is CC(C)c1ccc(-c2ccc(C(N)=O)c(NCc3ccncc3)n2)cc1. The number of nitrogens with two attached hydrogens (primary N) is 1. The molecule has 2 aromatic heterocycles. The lowest BCUT2D eigenvalue weighted by Gasteiger charge is -2.12. The van der Waals surface area contributed by atoms with Gasteiger partial charge in [0, 0.05) is 24.5 Å². The summed E-state index contributed by atoms with van der Waals surface area (Å²) in [6.45, 7) is 4.86. The van der Waals surface area contributed by atoms with Crippen LogP contribution in [0.3, 0.4) is 0 Å². The molecule has 0 aliphatic carbocycles. The van der Waals surface area contributed by atoms with Crippen LogP contribution in [0.15, 0.2) is 60.9 Å². The van der Waals surface area contributed by atoms with Crippen molar-refractivity contribution in [3.05, 3.63) is 77.6 Å². The summed E-state index contributed by atoms with van der Waals surface area (Å²) < 4.78 is 0. The average Bonchev–Trinajstić information content (AvgIpc) is 2.67. The van der Waals surface area contributed by atoms with Gasteiger partial charge in [-0.05, 0) is 41.3 Å². The molecule has 0 bridgehead atoms. The lowest BCUT2D eigenvalue weighted by molar-refractivity contribution is 0.100. The second-order valence-electron chi connectivity index (χ2n) is 6.44. The van der Waals surface area contributed by atoms with E-state index < -0.39 is 5.91 Å². The van der Waals surface area contributed by atoms with Gasteiger partial charge in [0.1, 0.15) is 5.82 Å². The molecule has 3 aromatic rings. The van der Waals surface area contributed by atoms with Gasteiger partial charge in [0.05, 0.1) is 11.3 Å². The Morgan fingerprint density at radius 3 is 2.35 bits per heavy atom. The standard InChI is InChI=1S/C21H22N4O/c1-14(2)16-3-5-17(6-4-16)19-8-7-18(20(22)26)21(25-19)24-13-15-9-11-23-12-10-15/h3-12,14H,13H2,1-2H3,(H2,22,26)(H,24,25). The number of primary amides is 1. The number of carbonyl (C=O) groups is 1. The quantitative estimate of drug-likeness (QED) is 0.707. The number of benzene rings is 1. The maximum absolute atomic E-state index is 11.7. The van der Waals surface area contributed by atoms with E-state index in [1.165, 1.54) is 5.56 Å². The highest BCUT2D eigenvalue weighted by atomic mass is 16.1. The number of carbonyl (C=O) groups excluding carboxylic acids is 1. The van der Waals surface area contributed by atoms with E-state index in [9.17, 15) is 4.79 Å². The van der Waals surface area contributed by atoms with Crippen LogP contribution in [0.5, 0.6) is 0 Å². The molecule has 0 saturated carbocycles. The first kappa shape index (κ1) is 17.6. The molecular formula is C21H22N4O. The summed E-state index contributed by atoms with van der Waals surface area (Å²) in [4.78, 5) is 20.4. The van der Waals surface area contributed by atoms with Crippen LogP contribution in [-0.4, -0.2) is 15.9 Å². The van der Waals surface area contributed by atoms with Crippen LogP contribution >= 0.6 is 0 Å². The fraction of sp³-hybridized carbons (Fsp3) is 0.190. The number of nitrogens with zero attached hydrogens (tertiary/aromatic N) is 2. The molecule has 0 spiro atoms. The highest BCUT2D eigenvalue weighted by molar-refractivity contribution is 5.98. The first-order chi connectivity index (χ1) is 12.5. The zero-order chi connectivity index (χ0) is 18.5. The van der Waals surface area contributed by atoms with Crippen molar-refractivity contribution in [2.24, 2.45) is 5.73 Å². The highest BCUT2D eigenvalue weighted by Gasteiger charge is 2.12. The lowest BCUT2D eigenvalue weighted by atomic mass is 10.0. The van der Waals surface area contributed by atoms with Crippen molar-refractivity contribution in [2.75, 3.05) is 5.32 Å². The fourth-order valence-electron chi connectivity index (χ4n) is 2.68. The third-order valence-electron chi connectivity index (χ3n) is 4.24. The minimum absolute atomic E-state index is 0.376. The molecule has 0 unspecified atom stereocenters. The molecule has 0 aliphatic rings. The molecule has 5 heteroatoms. The second-order valence-corrected chi connectivity index (χ2v) is 6.44. The maximum atomic E-state index is 11.7. The summed E-state index contributed by atoms with van der Waals surface area (Å²) in [6.07, 6.45) is 3.46. The topological polar surface area (TPSA) is 80.9 Å². The van der Waals surface area contributed by atoms with Crippen LogP contribution < -0.4 is 11.1 Å². The molecule has 3 N–H and O–H groups in total. The number of rotatable bonds is 6. The number of hydrogen-bond donors (Lipinski definition) is 2. The van der Waals surface area contributed by atoms with Crippen LogP contribution in [0.1, 0.15) is 41.3 Å². The van der Waals surface area contributed by atoms with E-state index >= 15 is 0 Å². The van der Waals surface area contributed by atoms with Crippen LogP contribution in [0, 0.1) is 0 Å². The first-order valence-corrected chi connectivity index (χ1v) is 8.58. The Balaban J connectivity index is 1.89. The third-order valence-corrected chi connectivity index (χ3v) is 4.24. The monoisotopic (exact) mass is 346 g/mol. The number of hydrogen-bond acceptors (Lipinski definition) is 4. The van der Waals surface area contributed by atoms with Crippen molar-refractivity contribution in [3.63, 3.8) is 0 Å². The second kappa shape index (κ2) is 7.78. The molecular weight excluding hydrogens is 324 g/mol. The Labute approximate surface area is 153 Å². The molecule has 26 heavy (non-hydrogen) atoms. The van der Waals surface area contributed by atoms with Crippen LogP contribution in [0.4, 0.5) is 5.82 Å². The van der Waals surface area contributed by atoms with Gasteiger partial charge in [-0.2, -0.15) is 0 Å². The molecule has 0 radical (unpaired) electrons. The average molecular weight is 346 g/mol. The number of anilines is 1. The van der Waals surface area contributed by atoms with E-state index in [0.29, 0.717) is 23.8 Å². The van der Waals surface area contributed by atoms with Gasteiger partial charge in [-0.25, -0.2) is 4.98 Å². The zero-order valence-electron chi connectivity index (χ0n) is 14.9. The first-order valence-electron chi connectivity index (χ1n) is 8.58. The van der Waals surface area contributed by atoms with Crippen molar-refractivity contribution < 1.29 is 4.79 Å². The van der Waals surface area contributed by atoms with Crippen molar-refractivity contribution in [2.45, 2.75) is 26.3 Å². The van der Waals surface area contributed by atoms with E-state index in [-0.39, 0.29) is 0 Å². The predicted molar refractivity (Wildman–Crippen MR) is 104 cm³/mol. The van der Waals surface area contributed by atoms with Crippen LogP contribution in [0.25, 0.3) is 11.3 Å². The van der Waals surface area contributed by atoms with E-state index in [1.54, 1.807) is 18.5 Å². The maximum Gasteiger partial charge on any atom is 0.252 e. The molecule has 2 heterocycles. The molecule has 132 valence electrons. The van der Waals surface area contributed by atoms with Gasteiger partial charge in [0.15, 0.2) is 0 Å². The molecule has 1 amide bonds. The third kappa shape index (κ3) is 4.06. The van der Waals surface area contributed by atoms with Gasteiger partial charge in [0.25, 0.3) is 5.91 Å². The van der Waals surface area contributed by atoms with Crippen molar-refractivity contribution >= 4 is 11.7 Å². The number of aromatic nitrogens is 2. The van der Waals surface area contributed by atoms with E-state index in [4.69, 9.17) is 5.73 Å². The molecule has 0 atom stereocenters. The molecule has 5 nitrogen and oxygen atoms in total. The summed E-state index contributed by atoms with van der Waals surface area (Å²) in [6, 6.07) is 15.7. The van der Waals surface area contributed by atoms with Gasteiger partial charge in [0.2, 0.25) is 0 Å². The summed E-state index contributed by atoms with van der Waals surface area (Å²) in [7, 11) is 0. The zero-order valence-corrected chi connectivity index (χ0v) is 14.9. The molecule has 0 aliphatic heterocycles. The minimum atomic E-state index is -0.503. The number of amides is 1. The molecule has 1 aromatic carbocycles. The van der Waals surface area contributed by atoms with Crippen molar-refractivity contribution in [1.82, 2.24) is 9.97 Å². The molecule has 0 saturated heterocycles. The predicted octanol–water partition coefficient (Wildman–Crippen LogP) is 3.98. The van der Waals surface area contributed by atoms with Crippen molar-refractivity contribution in [3.8, 4) is 11.3 Å². The van der Waals surface area contributed by atoms with Gasteiger partial charge in [-0.15, -0.1) is 0 Å². The van der Waals surface area contributed by atoms with Crippen LogP contribution in [0.2, 0.25) is 0 Å². The van der Waals surface area contributed by atoms with E-state index in [1.807, 2.05) is 30.3 Å². The lowest BCUT2D eigenvalue weighted by Crippen LogP contribution is -2.15. The van der Waals surface area contributed by atoms with E-state index in [0.717, 1.165) is 16.8 Å². The van der Waals surface area contributed by atoms with Gasteiger partial charge < -0.3 is 11.1 Å². The minimum Gasteiger partial charge on any atom is -0.365 e. The molecule has 3 rings (SSSR count). The Bertz CT molecular complexity index is 890. The Hall–Kier alpha value is -3.21. The number of nitrogens with one attached hydrogen (secondary N) is 1. The van der Waals surface area contributed by atoms with Gasteiger partial charge in [-0.1, -0.05) is 38.1 Å². The summed E-state index contributed by atoms with van der Waals surface area (Å²) >= 11 is 0. The molecule has 0 fully saturated rings. The Kier molecular flexibility index (Phi) is 5.27. The Morgan fingerprint density at radius 2 is 1.73 bits per heavy atom. The van der Waals surface area contributed by atoms with Gasteiger partial charge >= 0.3 is 0 Å². The van der Waals surface area contributed by atoms with Crippen molar-refractivity contribution in [1.29, 1.82) is 0 Å². The summed E-state index contributed by atoms with van der Waals surface area (Å²) in [5.74, 6) is 0.461. The highest BCUT2D eigenvalue weighted by Crippen LogP contribution is 2.24. The normalized spacial score (nSPS) is 10.7. The largest absolute Gasteiger partial charge is 0.365 e. The summed E-state index contributed by atoms with van der Waals surface area (Å²) in [5, 5.41) is 3.21. The summed E-state index contributed by atoms with van der Waals surface area (Å²) in [5.41, 5.74) is 9.99. The van der Waals surface area contributed by atoms with Gasteiger partial charge in [-0.3, -0.25) is 9.78 Å². The Morgan fingerprint density at radius 1 is 1.04 bits per heavy atom. The van der Waals surface area contributed by atoms with Crippen LogP contribution in [-0.2, 0) is 6.54 Å². The number of pyridine rings is 2.